The van der Waals surface area contributed by atoms with Gasteiger partial charge in [0.1, 0.15) is 5.82 Å². The summed E-state index contributed by atoms with van der Waals surface area (Å²) in [7, 11) is 0. The van der Waals surface area contributed by atoms with Crippen molar-refractivity contribution in [3.63, 3.8) is 0 Å². The lowest BCUT2D eigenvalue weighted by atomic mass is 10.1. The van der Waals surface area contributed by atoms with Gasteiger partial charge >= 0.3 is 0 Å². The van der Waals surface area contributed by atoms with Crippen molar-refractivity contribution in [2.24, 2.45) is 0 Å². The number of nitrogens with zero attached hydrogens (tertiary/aromatic N) is 3. The van der Waals surface area contributed by atoms with Gasteiger partial charge in [0.2, 0.25) is 5.91 Å². The molecule has 1 amide bonds. The number of hydrogen-bond donors (Lipinski definition) is 1. The first-order valence-electron chi connectivity index (χ1n) is 8.06. The highest BCUT2D eigenvalue weighted by molar-refractivity contribution is 6.30. The number of hydrogen-bond acceptors (Lipinski definition) is 4. The SMILES string of the molecule is Cc1ccccc1N1CCN(CC(=O)Nc2ccc(Cl)cn2)CC1. The van der Waals surface area contributed by atoms with Crippen molar-refractivity contribution in [3.8, 4) is 0 Å². The number of halogens is 1. The molecule has 1 aliphatic rings. The Morgan fingerprint density at radius 1 is 1.17 bits per heavy atom. The summed E-state index contributed by atoms with van der Waals surface area (Å²) >= 11 is 5.79. The molecule has 0 unspecified atom stereocenters. The van der Waals surface area contributed by atoms with E-state index in [0.29, 0.717) is 17.4 Å². The van der Waals surface area contributed by atoms with Gasteiger partial charge in [-0.05, 0) is 30.7 Å². The third kappa shape index (κ3) is 4.24. The molecule has 0 spiro atoms. The largest absolute Gasteiger partial charge is 0.369 e. The van der Waals surface area contributed by atoms with Gasteiger partial charge in [0.25, 0.3) is 0 Å². The second kappa shape index (κ2) is 7.64. The fourth-order valence-corrected chi connectivity index (χ4v) is 3.01. The molecule has 1 aliphatic heterocycles. The Morgan fingerprint density at radius 3 is 2.58 bits per heavy atom. The number of piperazine rings is 1. The van der Waals surface area contributed by atoms with Gasteiger partial charge in [0.15, 0.2) is 0 Å². The van der Waals surface area contributed by atoms with E-state index in [1.54, 1.807) is 12.1 Å². The summed E-state index contributed by atoms with van der Waals surface area (Å²) in [6.45, 7) is 6.11. The lowest BCUT2D eigenvalue weighted by molar-refractivity contribution is -0.117. The van der Waals surface area contributed by atoms with Crippen molar-refractivity contribution in [2.75, 3.05) is 42.9 Å². The maximum Gasteiger partial charge on any atom is 0.239 e. The van der Waals surface area contributed by atoms with Crippen LogP contribution in [0.5, 0.6) is 0 Å². The summed E-state index contributed by atoms with van der Waals surface area (Å²) in [5.41, 5.74) is 2.57. The molecule has 0 aliphatic carbocycles. The van der Waals surface area contributed by atoms with E-state index in [1.165, 1.54) is 17.4 Å². The van der Waals surface area contributed by atoms with Crippen LogP contribution >= 0.6 is 11.6 Å². The first kappa shape index (κ1) is 16.7. The molecule has 1 N–H and O–H groups in total. The molecule has 126 valence electrons. The molecule has 2 aromatic rings. The minimum absolute atomic E-state index is 0.0471. The van der Waals surface area contributed by atoms with Gasteiger partial charge in [-0.1, -0.05) is 29.8 Å². The molecule has 0 saturated carbocycles. The molecule has 5 nitrogen and oxygen atoms in total. The second-order valence-corrected chi connectivity index (χ2v) is 6.40. The quantitative estimate of drug-likeness (QED) is 0.926. The fourth-order valence-electron chi connectivity index (χ4n) is 2.90. The van der Waals surface area contributed by atoms with E-state index in [9.17, 15) is 4.79 Å². The van der Waals surface area contributed by atoms with Gasteiger partial charge in [0.05, 0.1) is 11.6 Å². The molecule has 0 bridgehead atoms. The van der Waals surface area contributed by atoms with E-state index in [4.69, 9.17) is 11.6 Å². The fraction of sp³-hybridized carbons (Fsp3) is 0.333. The number of aromatic nitrogens is 1. The maximum absolute atomic E-state index is 12.1. The number of anilines is 2. The smallest absolute Gasteiger partial charge is 0.239 e. The Labute approximate surface area is 147 Å². The molecule has 0 atom stereocenters. The minimum Gasteiger partial charge on any atom is -0.369 e. The number of aryl methyl sites for hydroxylation is 1. The van der Waals surface area contributed by atoms with Crippen molar-refractivity contribution in [3.05, 3.63) is 53.2 Å². The lowest BCUT2D eigenvalue weighted by Gasteiger charge is -2.36. The molecular formula is C18H21ClN4O. The molecule has 1 fully saturated rings. The number of nitrogens with one attached hydrogen (secondary N) is 1. The standard InChI is InChI=1S/C18H21ClN4O/c1-14-4-2-3-5-16(14)23-10-8-22(9-11-23)13-18(24)21-17-7-6-15(19)12-20-17/h2-7,12H,8-11,13H2,1H3,(H,20,21,24). The van der Waals surface area contributed by atoms with Gasteiger partial charge in [-0.25, -0.2) is 4.98 Å². The zero-order valence-corrected chi connectivity index (χ0v) is 14.5. The van der Waals surface area contributed by atoms with Crippen molar-refractivity contribution >= 4 is 29.0 Å². The normalized spacial score (nSPS) is 15.3. The molecule has 1 aromatic heterocycles. The molecule has 2 heterocycles. The van der Waals surface area contributed by atoms with Gasteiger partial charge in [-0.15, -0.1) is 0 Å². The van der Waals surface area contributed by atoms with Crippen molar-refractivity contribution in [1.29, 1.82) is 0 Å². The Hall–Kier alpha value is -2.11. The second-order valence-electron chi connectivity index (χ2n) is 5.96. The van der Waals surface area contributed by atoms with Crippen LogP contribution in [0.1, 0.15) is 5.56 Å². The van der Waals surface area contributed by atoms with Crippen LogP contribution in [0.15, 0.2) is 42.6 Å². The summed E-state index contributed by atoms with van der Waals surface area (Å²) in [6.07, 6.45) is 1.53. The number of carbonyl (C=O) groups is 1. The predicted molar refractivity (Wildman–Crippen MR) is 97.7 cm³/mol. The summed E-state index contributed by atoms with van der Waals surface area (Å²) in [5.74, 6) is 0.483. The average Bonchev–Trinajstić information content (AvgIpc) is 2.58. The number of carbonyl (C=O) groups excluding carboxylic acids is 1. The van der Waals surface area contributed by atoms with Crippen LogP contribution in [0.4, 0.5) is 11.5 Å². The monoisotopic (exact) mass is 344 g/mol. The van der Waals surface area contributed by atoms with Crippen LogP contribution in [-0.2, 0) is 4.79 Å². The summed E-state index contributed by atoms with van der Waals surface area (Å²) in [6, 6.07) is 11.8. The Bertz CT molecular complexity index is 696. The van der Waals surface area contributed by atoms with E-state index in [2.05, 4.69) is 51.3 Å². The summed E-state index contributed by atoms with van der Waals surface area (Å²) < 4.78 is 0. The van der Waals surface area contributed by atoms with Crippen molar-refractivity contribution in [1.82, 2.24) is 9.88 Å². The van der Waals surface area contributed by atoms with Crippen molar-refractivity contribution < 1.29 is 4.79 Å². The first-order chi connectivity index (χ1) is 11.6. The average molecular weight is 345 g/mol. The van der Waals surface area contributed by atoms with Gasteiger partial charge in [-0.2, -0.15) is 0 Å². The van der Waals surface area contributed by atoms with E-state index in [0.717, 1.165) is 26.2 Å². The van der Waals surface area contributed by atoms with Gasteiger partial charge in [-0.3, -0.25) is 9.69 Å². The first-order valence-corrected chi connectivity index (χ1v) is 8.44. The Kier molecular flexibility index (Phi) is 5.33. The van der Waals surface area contributed by atoms with Crippen LogP contribution in [-0.4, -0.2) is 48.5 Å². The van der Waals surface area contributed by atoms with Crippen molar-refractivity contribution in [2.45, 2.75) is 6.92 Å². The van der Waals surface area contributed by atoms with Gasteiger partial charge < -0.3 is 10.2 Å². The Morgan fingerprint density at radius 2 is 1.92 bits per heavy atom. The predicted octanol–water partition coefficient (Wildman–Crippen LogP) is 2.80. The topological polar surface area (TPSA) is 48.5 Å². The minimum atomic E-state index is -0.0471. The Balaban J connectivity index is 1.49. The highest BCUT2D eigenvalue weighted by Gasteiger charge is 2.20. The van der Waals surface area contributed by atoms with Gasteiger partial charge in [0, 0.05) is 38.1 Å². The van der Waals surface area contributed by atoms with Crippen LogP contribution in [0.3, 0.4) is 0 Å². The lowest BCUT2D eigenvalue weighted by Crippen LogP contribution is -2.48. The molecule has 1 aromatic carbocycles. The molecule has 0 radical (unpaired) electrons. The number of pyridine rings is 1. The van der Waals surface area contributed by atoms with E-state index in [-0.39, 0.29) is 5.91 Å². The number of rotatable bonds is 4. The van der Waals surface area contributed by atoms with Crippen LogP contribution in [0.25, 0.3) is 0 Å². The summed E-state index contributed by atoms with van der Waals surface area (Å²) in [4.78, 5) is 20.8. The summed E-state index contributed by atoms with van der Waals surface area (Å²) in [5, 5.41) is 3.36. The third-order valence-electron chi connectivity index (χ3n) is 4.19. The number of amides is 1. The van der Waals surface area contributed by atoms with Crippen LogP contribution in [0, 0.1) is 6.92 Å². The molecule has 6 heteroatoms. The zero-order valence-electron chi connectivity index (χ0n) is 13.7. The highest BCUT2D eigenvalue weighted by Crippen LogP contribution is 2.20. The number of benzene rings is 1. The van der Waals surface area contributed by atoms with Crippen LogP contribution in [0.2, 0.25) is 5.02 Å². The highest BCUT2D eigenvalue weighted by atomic mass is 35.5. The zero-order chi connectivity index (χ0) is 16.9. The van der Waals surface area contributed by atoms with E-state index >= 15 is 0 Å². The molecule has 1 saturated heterocycles. The third-order valence-corrected chi connectivity index (χ3v) is 4.41. The maximum atomic E-state index is 12.1. The van der Waals surface area contributed by atoms with E-state index < -0.39 is 0 Å². The van der Waals surface area contributed by atoms with E-state index in [1.807, 2.05) is 0 Å². The number of para-hydroxylation sites is 1. The molecule has 3 rings (SSSR count). The molecular weight excluding hydrogens is 324 g/mol. The van der Waals surface area contributed by atoms with Crippen LogP contribution < -0.4 is 10.2 Å². The molecule has 24 heavy (non-hydrogen) atoms.